The summed E-state index contributed by atoms with van der Waals surface area (Å²) in [6.07, 6.45) is -0.120. The van der Waals surface area contributed by atoms with E-state index in [9.17, 15) is 9.59 Å². The number of carboxylic acid groups (broad SMARTS) is 1. The SMILES string of the molecule is CC(C)(CC(=O)O)NC(=O)c1sccc1-c1ccccc1. The predicted octanol–water partition coefficient (Wildman–Crippen LogP) is 3.40. The van der Waals surface area contributed by atoms with E-state index in [1.54, 1.807) is 13.8 Å². The summed E-state index contributed by atoms with van der Waals surface area (Å²) in [5.74, 6) is -1.18. The van der Waals surface area contributed by atoms with Crippen molar-refractivity contribution in [3.8, 4) is 11.1 Å². The van der Waals surface area contributed by atoms with Crippen LogP contribution in [-0.2, 0) is 4.79 Å². The van der Waals surface area contributed by atoms with Crippen molar-refractivity contribution in [2.45, 2.75) is 25.8 Å². The van der Waals surface area contributed by atoms with Gasteiger partial charge in [0.15, 0.2) is 0 Å². The molecule has 1 aromatic carbocycles. The first-order chi connectivity index (χ1) is 9.89. The fourth-order valence-electron chi connectivity index (χ4n) is 2.12. The Balaban J connectivity index is 2.22. The molecule has 0 saturated heterocycles. The number of benzene rings is 1. The molecule has 2 aromatic rings. The molecule has 0 aliphatic carbocycles. The van der Waals surface area contributed by atoms with E-state index in [0.29, 0.717) is 4.88 Å². The quantitative estimate of drug-likeness (QED) is 0.889. The second-order valence-corrected chi connectivity index (χ2v) is 6.35. The van der Waals surface area contributed by atoms with Crippen molar-refractivity contribution in [3.63, 3.8) is 0 Å². The molecule has 0 spiro atoms. The van der Waals surface area contributed by atoms with Crippen LogP contribution in [0.4, 0.5) is 0 Å². The average molecular weight is 303 g/mol. The Morgan fingerprint density at radius 1 is 1.19 bits per heavy atom. The van der Waals surface area contributed by atoms with Gasteiger partial charge in [0.25, 0.3) is 5.91 Å². The van der Waals surface area contributed by atoms with Crippen LogP contribution in [0.3, 0.4) is 0 Å². The molecule has 1 amide bonds. The lowest BCUT2D eigenvalue weighted by Crippen LogP contribution is -2.44. The van der Waals surface area contributed by atoms with Gasteiger partial charge in [0.2, 0.25) is 0 Å². The van der Waals surface area contributed by atoms with E-state index in [1.165, 1.54) is 11.3 Å². The number of amides is 1. The van der Waals surface area contributed by atoms with Gasteiger partial charge < -0.3 is 10.4 Å². The summed E-state index contributed by atoms with van der Waals surface area (Å²) in [5.41, 5.74) is 1.05. The Bertz CT molecular complexity index is 647. The number of carbonyl (C=O) groups is 2. The fourth-order valence-corrected chi connectivity index (χ4v) is 2.93. The summed E-state index contributed by atoms with van der Waals surface area (Å²) in [5, 5.41) is 13.5. The summed E-state index contributed by atoms with van der Waals surface area (Å²) >= 11 is 1.35. The molecule has 0 aliphatic rings. The average Bonchev–Trinajstić information content (AvgIpc) is 2.86. The molecular weight excluding hydrogens is 286 g/mol. The maximum atomic E-state index is 12.4. The van der Waals surface area contributed by atoms with Crippen molar-refractivity contribution in [1.29, 1.82) is 0 Å². The molecule has 0 atom stereocenters. The van der Waals surface area contributed by atoms with E-state index in [4.69, 9.17) is 5.11 Å². The summed E-state index contributed by atoms with van der Waals surface area (Å²) in [4.78, 5) is 23.8. The van der Waals surface area contributed by atoms with Crippen LogP contribution in [-0.4, -0.2) is 22.5 Å². The number of hydrogen-bond acceptors (Lipinski definition) is 3. The molecule has 0 aliphatic heterocycles. The van der Waals surface area contributed by atoms with Gasteiger partial charge in [-0.25, -0.2) is 0 Å². The molecule has 5 heteroatoms. The number of aliphatic carboxylic acids is 1. The van der Waals surface area contributed by atoms with Crippen LogP contribution in [0.1, 0.15) is 29.9 Å². The van der Waals surface area contributed by atoms with Crippen LogP contribution in [0.2, 0.25) is 0 Å². The lowest BCUT2D eigenvalue weighted by Gasteiger charge is -2.24. The monoisotopic (exact) mass is 303 g/mol. The first-order valence-electron chi connectivity index (χ1n) is 6.56. The lowest BCUT2D eigenvalue weighted by molar-refractivity contribution is -0.138. The second-order valence-electron chi connectivity index (χ2n) is 5.44. The number of hydrogen-bond donors (Lipinski definition) is 2. The molecule has 4 nitrogen and oxygen atoms in total. The third kappa shape index (κ3) is 3.92. The van der Waals surface area contributed by atoms with Crippen LogP contribution < -0.4 is 5.32 Å². The minimum absolute atomic E-state index is 0.120. The highest BCUT2D eigenvalue weighted by atomic mass is 32.1. The highest BCUT2D eigenvalue weighted by Gasteiger charge is 2.26. The normalized spacial score (nSPS) is 11.1. The standard InChI is InChI=1S/C16H17NO3S/c1-16(2,10-13(18)19)17-15(20)14-12(8-9-21-14)11-6-4-3-5-7-11/h3-9H,10H2,1-2H3,(H,17,20)(H,18,19). The molecule has 2 N–H and O–H groups in total. The van der Waals surface area contributed by atoms with Crippen molar-refractivity contribution in [2.75, 3.05) is 0 Å². The van der Waals surface area contributed by atoms with Gasteiger partial charge in [-0.15, -0.1) is 11.3 Å². The van der Waals surface area contributed by atoms with Crippen molar-refractivity contribution in [1.82, 2.24) is 5.32 Å². The zero-order chi connectivity index (χ0) is 15.5. The number of nitrogens with one attached hydrogen (secondary N) is 1. The van der Waals surface area contributed by atoms with E-state index >= 15 is 0 Å². The van der Waals surface area contributed by atoms with Crippen LogP contribution in [0, 0.1) is 0 Å². The Hall–Kier alpha value is -2.14. The third-order valence-corrected chi connectivity index (χ3v) is 3.91. The van der Waals surface area contributed by atoms with Crippen molar-refractivity contribution >= 4 is 23.2 Å². The lowest BCUT2D eigenvalue weighted by atomic mass is 10.00. The highest BCUT2D eigenvalue weighted by Crippen LogP contribution is 2.28. The predicted molar refractivity (Wildman–Crippen MR) is 83.6 cm³/mol. The van der Waals surface area contributed by atoms with Gasteiger partial charge in [0.1, 0.15) is 0 Å². The van der Waals surface area contributed by atoms with Crippen LogP contribution in [0.25, 0.3) is 11.1 Å². The van der Waals surface area contributed by atoms with Crippen molar-refractivity contribution in [3.05, 3.63) is 46.7 Å². The molecule has 0 radical (unpaired) electrons. The van der Waals surface area contributed by atoms with Gasteiger partial charge in [0.05, 0.1) is 11.3 Å². The van der Waals surface area contributed by atoms with Gasteiger partial charge >= 0.3 is 5.97 Å². The molecule has 1 heterocycles. The van der Waals surface area contributed by atoms with E-state index in [0.717, 1.165) is 11.1 Å². The first-order valence-corrected chi connectivity index (χ1v) is 7.44. The fraction of sp³-hybridized carbons (Fsp3) is 0.250. The number of rotatable bonds is 5. The van der Waals surface area contributed by atoms with Crippen LogP contribution >= 0.6 is 11.3 Å². The maximum absolute atomic E-state index is 12.4. The number of carboxylic acids is 1. The first kappa shape index (κ1) is 15.3. The summed E-state index contributed by atoms with van der Waals surface area (Å²) < 4.78 is 0. The summed E-state index contributed by atoms with van der Waals surface area (Å²) in [6.45, 7) is 3.41. The largest absolute Gasteiger partial charge is 0.481 e. The smallest absolute Gasteiger partial charge is 0.305 e. The van der Waals surface area contributed by atoms with E-state index < -0.39 is 11.5 Å². The molecule has 1 aromatic heterocycles. The molecule has 0 saturated carbocycles. The highest BCUT2D eigenvalue weighted by molar-refractivity contribution is 7.12. The summed E-state index contributed by atoms with van der Waals surface area (Å²) in [6, 6.07) is 11.6. The van der Waals surface area contributed by atoms with Crippen LogP contribution in [0.15, 0.2) is 41.8 Å². The van der Waals surface area contributed by atoms with E-state index in [1.807, 2.05) is 41.8 Å². The van der Waals surface area contributed by atoms with Gasteiger partial charge in [-0.1, -0.05) is 30.3 Å². The van der Waals surface area contributed by atoms with Gasteiger partial charge in [-0.05, 0) is 30.9 Å². The Morgan fingerprint density at radius 2 is 1.86 bits per heavy atom. The second kappa shape index (κ2) is 6.10. The summed E-state index contributed by atoms with van der Waals surface area (Å²) in [7, 11) is 0. The van der Waals surface area contributed by atoms with Crippen LogP contribution in [0.5, 0.6) is 0 Å². The van der Waals surface area contributed by atoms with E-state index in [-0.39, 0.29) is 12.3 Å². The van der Waals surface area contributed by atoms with Gasteiger partial charge in [-0.3, -0.25) is 9.59 Å². The zero-order valence-corrected chi connectivity index (χ0v) is 12.7. The van der Waals surface area contributed by atoms with Gasteiger partial charge in [-0.2, -0.15) is 0 Å². The Kier molecular flexibility index (Phi) is 4.43. The number of thiophene rings is 1. The van der Waals surface area contributed by atoms with Gasteiger partial charge in [0, 0.05) is 11.1 Å². The Morgan fingerprint density at radius 3 is 2.48 bits per heavy atom. The maximum Gasteiger partial charge on any atom is 0.305 e. The number of carbonyl (C=O) groups excluding carboxylic acids is 1. The van der Waals surface area contributed by atoms with Crippen molar-refractivity contribution < 1.29 is 14.7 Å². The van der Waals surface area contributed by atoms with Crippen molar-refractivity contribution in [2.24, 2.45) is 0 Å². The topological polar surface area (TPSA) is 66.4 Å². The Labute approximate surface area is 127 Å². The third-order valence-electron chi connectivity index (χ3n) is 3.00. The molecule has 2 rings (SSSR count). The molecule has 21 heavy (non-hydrogen) atoms. The minimum atomic E-state index is -0.935. The molecule has 0 fully saturated rings. The van der Waals surface area contributed by atoms with E-state index in [2.05, 4.69) is 5.32 Å². The molecule has 0 bridgehead atoms. The molecule has 0 unspecified atom stereocenters. The zero-order valence-electron chi connectivity index (χ0n) is 11.9. The minimum Gasteiger partial charge on any atom is -0.481 e. The molecule has 110 valence electrons. The molecular formula is C16H17NO3S.